The molecule has 4 rings (SSSR count). The minimum atomic E-state index is -0.445. The molecular formula is C23H27FN2O2. The number of fused-ring (bicyclic) bond motifs is 1. The van der Waals surface area contributed by atoms with Crippen LogP contribution in [-0.2, 0) is 11.3 Å². The van der Waals surface area contributed by atoms with Crippen molar-refractivity contribution in [2.75, 3.05) is 26.2 Å². The van der Waals surface area contributed by atoms with Crippen LogP contribution in [0, 0.1) is 11.7 Å². The molecule has 0 radical (unpaired) electrons. The van der Waals surface area contributed by atoms with Crippen molar-refractivity contribution >= 4 is 5.91 Å². The Hall–Kier alpha value is -2.40. The first-order valence-corrected chi connectivity index (χ1v) is 10.1. The van der Waals surface area contributed by atoms with E-state index < -0.39 is 6.10 Å². The van der Waals surface area contributed by atoms with Gasteiger partial charge in [0.15, 0.2) is 0 Å². The van der Waals surface area contributed by atoms with Gasteiger partial charge in [-0.1, -0.05) is 43.3 Å². The third-order valence-electron chi connectivity index (χ3n) is 5.81. The fourth-order valence-corrected chi connectivity index (χ4v) is 4.05. The standard InChI is InChI=1S/C23H27FN2O2/c1-17-10-12-26(13-11-17)23(27)16-25-14-18-6-2-5-9-21(18)28-22(15-25)19-7-3-4-8-20(19)24/h2-9,17,22H,10-16H2,1H3. The highest BCUT2D eigenvalue weighted by atomic mass is 19.1. The van der Waals surface area contributed by atoms with Gasteiger partial charge in [0.2, 0.25) is 5.91 Å². The monoisotopic (exact) mass is 382 g/mol. The van der Waals surface area contributed by atoms with Gasteiger partial charge in [-0.15, -0.1) is 0 Å². The average molecular weight is 382 g/mol. The molecule has 1 fully saturated rings. The normalized spacial score (nSPS) is 20.9. The Morgan fingerprint density at radius 3 is 2.61 bits per heavy atom. The maximum atomic E-state index is 14.4. The Labute approximate surface area is 165 Å². The quantitative estimate of drug-likeness (QED) is 0.804. The Balaban J connectivity index is 1.55. The maximum Gasteiger partial charge on any atom is 0.236 e. The molecule has 28 heavy (non-hydrogen) atoms. The van der Waals surface area contributed by atoms with Gasteiger partial charge in [0, 0.05) is 37.3 Å². The van der Waals surface area contributed by atoms with Gasteiger partial charge >= 0.3 is 0 Å². The number of carbonyl (C=O) groups excluding carboxylic acids is 1. The average Bonchev–Trinajstić information content (AvgIpc) is 2.87. The van der Waals surface area contributed by atoms with Crippen LogP contribution >= 0.6 is 0 Å². The van der Waals surface area contributed by atoms with Gasteiger partial charge in [0.25, 0.3) is 0 Å². The molecule has 0 saturated carbocycles. The lowest BCUT2D eigenvalue weighted by atomic mass is 9.99. The zero-order valence-electron chi connectivity index (χ0n) is 16.3. The van der Waals surface area contributed by atoms with E-state index in [1.54, 1.807) is 12.1 Å². The third-order valence-corrected chi connectivity index (χ3v) is 5.81. The molecule has 0 spiro atoms. The predicted molar refractivity (Wildman–Crippen MR) is 106 cm³/mol. The fourth-order valence-electron chi connectivity index (χ4n) is 4.05. The lowest BCUT2D eigenvalue weighted by Crippen LogP contribution is -2.44. The van der Waals surface area contributed by atoms with Crippen molar-refractivity contribution in [2.24, 2.45) is 5.92 Å². The second-order valence-corrected chi connectivity index (χ2v) is 7.97. The summed E-state index contributed by atoms with van der Waals surface area (Å²) < 4.78 is 20.6. The van der Waals surface area contributed by atoms with Gasteiger partial charge in [-0.05, 0) is 30.9 Å². The highest BCUT2D eigenvalue weighted by Gasteiger charge is 2.29. The van der Waals surface area contributed by atoms with E-state index in [9.17, 15) is 9.18 Å². The molecule has 2 aliphatic heterocycles. The van der Waals surface area contributed by atoms with E-state index in [4.69, 9.17) is 4.74 Å². The number of likely N-dealkylation sites (tertiary alicyclic amines) is 1. The van der Waals surface area contributed by atoms with Crippen molar-refractivity contribution in [3.8, 4) is 5.75 Å². The lowest BCUT2D eigenvalue weighted by molar-refractivity contribution is -0.134. The summed E-state index contributed by atoms with van der Waals surface area (Å²) in [6.07, 6.45) is 1.68. The largest absolute Gasteiger partial charge is 0.484 e. The summed E-state index contributed by atoms with van der Waals surface area (Å²) in [6.45, 7) is 5.33. The smallest absolute Gasteiger partial charge is 0.236 e. The van der Waals surface area contributed by atoms with Crippen LogP contribution in [0.3, 0.4) is 0 Å². The predicted octanol–water partition coefficient (Wildman–Crippen LogP) is 4.02. The Kier molecular flexibility index (Phi) is 5.62. The second kappa shape index (κ2) is 8.31. The van der Waals surface area contributed by atoms with E-state index in [-0.39, 0.29) is 11.7 Å². The van der Waals surface area contributed by atoms with Crippen molar-refractivity contribution < 1.29 is 13.9 Å². The van der Waals surface area contributed by atoms with E-state index in [1.807, 2.05) is 35.2 Å². The van der Waals surface area contributed by atoms with Gasteiger partial charge in [0.05, 0.1) is 6.54 Å². The summed E-state index contributed by atoms with van der Waals surface area (Å²) in [5.41, 5.74) is 1.56. The van der Waals surface area contributed by atoms with Crippen LogP contribution in [0.5, 0.6) is 5.75 Å². The van der Waals surface area contributed by atoms with E-state index >= 15 is 0 Å². The van der Waals surface area contributed by atoms with Gasteiger partial charge < -0.3 is 9.64 Å². The first kappa shape index (κ1) is 18.9. The molecule has 2 heterocycles. The molecule has 148 valence electrons. The summed E-state index contributed by atoms with van der Waals surface area (Å²) in [5.74, 6) is 1.33. The topological polar surface area (TPSA) is 32.8 Å². The number of amides is 1. The minimum Gasteiger partial charge on any atom is -0.484 e. The number of hydrogen-bond acceptors (Lipinski definition) is 3. The number of carbonyl (C=O) groups is 1. The van der Waals surface area contributed by atoms with Crippen LogP contribution in [0.15, 0.2) is 48.5 Å². The summed E-state index contributed by atoms with van der Waals surface area (Å²) >= 11 is 0. The van der Waals surface area contributed by atoms with Gasteiger partial charge in [-0.2, -0.15) is 0 Å². The molecule has 0 bridgehead atoms. The van der Waals surface area contributed by atoms with Crippen LogP contribution in [-0.4, -0.2) is 41.9 Å². The number of rotatable bonds is 3. The van der Waals surface area contributed by atoms with E-state index in [0.717, 1.165) is 37.2 Å². The molecule has 1 unspecified atom stereocenters. The van der Waals surface area contributed by atoms with Crippen molar-refractivity contribution in [2.45, 2.75) is 32.4 Å². The van der Waals surface area contributed by atoms with Crippen molar-refractivity contribution in [1.29, 1.82) is 0 Å². The molecule has 2 aromatic rings. The van der Waals surface area contributed by atoms with Gasteiger partial charge in [-0.3, -0.25) is 9.69 Å². The SMILES string of the molecule is CC1CCN(C(=O)CN2Cc3ccccc3OC(c3ccccc3F)C2)CC1. The second-order valence-electron chi connectivity index (χ2n) is 7.97. The summed E-state index contributed by atoms with van der Waals surface area (Å²) in [5, 5.41) is 0. The highest BCUT2D eigenvalue weighted by Crippen LogP contribution is 2.32. The molecule has 5 heteroatoms. The Morgan fingerprint density at radius 2 is 1.82 bits per heavy atom. The Morgan fingerprint density at radius 1 is 1.11 bits per heavy atom. The molecule has 4 nitrogen and oxygen atoms in total. The van der Waals surface area contributed by atoms with Gasteiger partial charge in [0.1, 0.15) is 17.7 Å². The molecular weight excluding hydrogens is 355 g/mol. The molecule has 1 atom stereocenters. The highest BCUT2D eigenvalue weighted by molar-refractivity contribution is 5.78. The summed E-state index contributed by atoms with van der Waals surface area (Å²) in [7, 11) is 0. The molecule has 0 N–H and O–H groups in total. The number of piperidine rings is 1. The molecule has 1 saturated heterocycles. The third kappa shape index (κ3) is 4.20. The molecule has 2 aromatic carbocycles. The molecule has 0 aliphatic carbocycles. The van der Waals surface area contributed by atoms with Crippen molar-refractivity contribution in [3.63, 3.8) is 0 Å². The van der Waals surface area contributed by atoms with Crippen LogP contribution < -0.4 is 4.74 Å². The lowest BCUT2D eigenvalue weighted by Gasteiger charge is -2.32. The first-order valence-electron chi connectivity index (χ1n) is 10.1. The molecule has 2 aliphatic rings. The minimum absolute atomic E-state index is 0.151. The van der Waals surface area contributed by atoms with Crippen LogP contribution in [0.4, 0.5) is 4.39 Å². The number of nitrogens with zero attached hydrogens (tertiary/aromatic N) is 2. The van der Waals surface area contributed by atoms with Crippen molar-refractivity contribution in [3.05, 3.63) is 65.5 Å². The first-order chi connectivity index (χ1) is 13.6. The zero-order valence-corrected chi connectivity index (χ0v) is 16.3. The Bertz CT molecular complexity index is 833. The molecule has 0 aromatic heterocycles. The fraction of sp³-hybridized carbons (Fsp3) is 0.435. The number of hydrogen-bond donors (Lipinski definition) is 0. The molecule has 1 amide bonds. The number of para-hydroxylation sites is 1. The van der Waals surface area contributed by atoms with E-state index in [2.05, 4.69) is 11.8 Å². The van der Waals surface area contributed by atoms with Crippen molar-refractivity contribution in [1.82, 2.24) is 9.80 Å². The van der Waals surface area contributed by atoms with Crippen LogP contribution in [0.2, 0.25) is 0 Å². The van der Waals surface area contributed by atoms with Crippen LogP contribution in [0.1, 0.15) is 37.0 Å². The number of ether oxygens (including phenoxy) is 1. The zero-order chi connectivity index (χ0) is 19.5. The number of halogens is 1. The van der Waals surface area contributed by atoms with Crippen LogP contribution in [0.25, 0.3) is 0 Å². The van der Waals surface area contributed by atoms with E-state index in [0.29, 0.717) is 31.1 Å². The number of benzene rings is 2. The maximum absolute atomic E-state index is 14.4. The van der Waals surface area contributed by atoms with Gasteiger partial charge in [-0.25, -0.2) is 4.39 Å². The summed E-state index contributed by atoms with van der Waals surface area (Å²) in [4.78, 5) is 16.9. The summed E-state index contributed by atoms with van der Waals surface area (Å²) in [6, 6.07) is 14.6. The van der Waals surface area contributed by atoms with E-state index in [1.165, 1.54) is 6.07 Å².